The van der Waals surface area contributed by atoms with E-state index in [4.69, 9.17) is 15.2 Å². The fourth-order valence-electron chi connectivity index (χ4n) is 2.48. The van der Waals surface area contributed by atoms with Gasteiger partial charge in [-0.05, 0) is 60.4 Å². The molecule has 0 bridgehead atoms. The van der Waals surface area contributed by atoms with Crippen LogP contribution in [0.4, 0.5) is 0 Å². The van der Waals surface area contributed by atoms with Crippen LogP contribution in [0.25, 0.3) is 0 Å². The highest BCUT2D eigenvalue weighted by Crippen LogP contribution is 2.26. The van der Waals surface area contributed by atoms with Crippen molar-refractivity contribution in [2.45, 2.75) is 32.4 Å². The van der Waals surface area contributed by atoms with Gasteiger partial charge in [0.1, 0.15) is 18.5 Å². The smallest absolute Gasteiger partial charge is 0.133 e. The number of halogens is 1. The van der Waals surface area contributed by atoms with Crippen molar-refractivity contribution >= 4 is 15.9 Å². The Morgan fingerprint density at radius 1 is 1.48 bits per heavy atom. The highest BCUT2D eigenvalue weighted by molar-refractivity contribution is 9.10. The van der Waals surface area contributed by atoms with E-state index >= 15 is 0 Å². The molecule has 0 aliphatic carbocycles. The molecule has 0 spiro atoms. The molecule has 118 valence electrons. The molecule has 1 aliphatic rings. The van der Waals surface area contributed by atoms with Gasteiger partial charge in [-0.25, -0.2) is 0 Å². The van der Waals surface area contributed by atoms with Gasteiger partial charge in [0.05, 0.1) is 11.1 Å². The van der Waals surface area contributed by atoms with Crippen molar-refractivity contribution in [3.63, 3.8) is 0 Å². The van der Waals surface area contributed by atoms with Crippen LogP contribution in [0.3, 0.4) is 0 Å². The maximum absolute atomic E-state index is 5.91. The second-order valence-electron chi connectivity index (χ2n) is 5.70. The molecule has 4 nitrogen and oxygen atoms in total. The molecular formula is C16H25BrN2O2. The predicted molar refractivity (Wildman–Crippen MR) is 88.8 cm³/mol. The lowest BCUT2D eigenvalue weighted by atomic mass is 10.1. The molecule has 1 aromatic carbocycles. The fraction of sp³-hybridized carbons (Fsp3) is 0.625. The summed E-state index contributed by atoms with van der Waals surface area (Å²) in [5.41, 5.74) is 6.79. The zero-order chi connectivity index (χ0) is 15.2. The van der Waals surface area contributed by atoms with Gasteiger partial charge in [0.2, 0.25) is 0 Å². The average Bonchev–Trinajstić information content (AvgIpc) is 2.47. The summed E-state index contributed by atoms with van der Waals surface area (Å²) in [6.07, 6.45) is 1.02. The Labute approximate surface area is 135 Å². The maximum atomic E-state index is 5.91. The molecule has 2 N–H and O–H groups in total. The minimum absolute atomic E-state index is 0.136. The quantitative estimate of drug-likeness (QED) is 0.850. The summed E-state index contributed by atoms with van der Waals surface area (Å²) < 4.78 is 12.7. The summed E-state index contributed by atoms with van der Waals surface area (Å²) in [6, 6.07) is 6.69. The van der Waals surface area contributed by atoms with E-state index in [9.17, 15) is 0 Å². The topological polar surface area (TPSA) is 47.7 Å². The minimum atomic E-state index is 0.136. The lowest BCUT2D eigenvalue weighted by Gasteiger charge is -2.35. The molecule has 2 rings (SSSR count). The van der Waals surface area contributed by atoms with E-state index < -0.39 is 0 Å². The second kappa shape index (κ2) is 8.13. The number of rotatable bonds is 6. The van der Waals surface area contributed by atoms with Crippen LogP contribution in [-0.4, -0.2) is 49.9 Å². The standard InChI is InChI=1S/C16H25BrN2O2/c1-12(2)19-7-8-20-14(10-19)11-21-16-4-3-13(5-6-18)9-15(16)17/h3-4,9,12,14H,5-8,10-11,18H2,1-2H3. The maximum Gasteiger partial charge on any atom is 0.133 e. The van der Waals surface area contributed by atoms with E-state index in [1.807, 2.05) is 6.07 Å². The van der Waals surface area contributed by atoms with Gasteiger partial charge in [0, 0.05) is 19.1 Å². The van der Waals surface area contributed by atoms with Gasteiger partial charge in [-0.2, -0.15) is 0 Å². The number of morpholine rings is 1. The van der Waals surface area contributed by atoms with Gasteiger partial charge >= 0.3 is 0 Å². The molecule has 0 aromatic heterocycles. The van der Waals surface area contributed by atoms with E-state index in [0.29, 0.717) is 19.2 Å². The molecule has 21 heavy (non-hydrogen) atoms. The van der Waals surface area contributed by atoms with E-state index in [1.54, 1.807) is 0 Å². The summed E-state index contributed by atoms with van der Waals surface area (Å²) >= 11 is 3.56. The first-order valence-electron chi connectivity index (χ1n) is 7.57. The molecule has 1 unspecified atom stereocenters. The predicted octanol–water partition coefficient (Wildman–Crippen LogP) is 2.44. The first-order chi connectivity index (χ1) is 10.1. The van der Waals surface area contributed by atoms with Crippen LogP contribution < -0.4 is 10.5 Å². The normalized spacial score (nSPS) is 20.0. The molecule has 1 aromatic rings. The largest absolute Gasteiger partial charge is 0.490 e. The van der Waals surface area contributed by atoms with Crippen LogP contribution in [0.15, 0.2) is 22.7 Å². The second-order valence-corrected chi connectivity index (χ2v) is 6.55. The molecule has 0 amide bonds. The summed E-state index contributed by atoms with van der Waals surface area (Å²) in [5, 5.41) is 0. The molecule has 1 heterocycles. The molecular weight excluding hydrogens is 332 g/mol. The molecule has 1 fully saturated rings. The Morgan fingerprint density at radius 2 is 2.29 bits per heavy atom. The fourth-order valence-corrected chi connectivity index (χ4v) is 3.02. The zero-order valence-electron chi connectivity index (χ0n) is 12.8. The van der Waals surface area contributed by atoms with Crippen LogP contribution in [0, 0.1) is 0 Å². The minimum Gasteiger partial charge on any atom is -0.490 e. The molecule has 1 aliphatic heterocycles. The highest BCUT2D eigenvalue weighted by atomic mass is 79.9. The Morgan fingerprint density at radius 3 is 2.95 bits per heavy atom. The van der Waals surface area contributed by atoms with Crippen LogP contribution >= 0.6 is 15.9 Å². The van der Waals surface area contributed by atoms with Crippen molar-refractivity contribution in [1.29, 1.82) is 0 Å². The van der Waals surface area contributed by atoms with Gasteiger partial charge in [-0.15, -0.1) is 0 Å². The molecule has 1 atom stereocenters. The molecule has 0 radical (unpaired) electrons. The van der Waals surface area contributed by atoms with Gasteiger partial charge < -0.3 is 15.2 Å². The van der Waals surface area contributed by atoms with E-state index in [0.717, 1.165) is 36.3 Å². The first-order valence-corrected chi connectivity index (χ1v) is 8.36. The van der Waals surface area contributed by atoms with Crippen molar-refractivity contribution in [3.05, 3.63) is 28.2 Å². The van der Waals surface area contributed by atoms with Crippen LogP contribution in [-0.2, 0) is 11.2 Å². The highest BCUT2D eigenvalue weighted by Gasteiger charge is 2.22. The summed E-state index contributed by atoms with van der Waals surface area (Å²) in [6.45, 7) is 8.40. The average molecular weight is 357 g/mol. The number of nitrogens with two attached hydrogens (primary N) is 1. The summed E-state index contributed by atoms with van der Waals surface area (Å²) in [4.78, 5) is 2.43. The van der Waals surface area contributed by atoms with Crippen LogP contribution in [0.5, 0.6) is 5.75 Å². The van der Waals surface area contributed by atoms with E-state index in [-0.39, 0.29) is 6.10 Å². The lowest BCUT2D eigenvalue weighted by molar-refractivity contribution is -0.0565. The third kappa shape index (κ3) is 4.95. The number of hydrogen-bond donors (Lipinski definition) is 1. The lowest BCUT2D eigenvalue weighted by Crippen LogP contribution is -2.47. The number of hydrogen-bond acceptors (Lipinski definition) is 4. The Balaban J connectivity index is 1.87. The van der Waals surface area contributed by atoms with Crippen LogP contribution in [0.2, 0.25) is 0 Å². The third-order valence-corrected chi connectivity index (χ3v) is 4.37. The third-order valence-electron chi connectivity index (χ3n) is 3.75. The summed E-state index contributed by atoms with van der Waals surface area (Å²) in [7, 11) is 0. The monoisotopic (exact) mass is 356 g/mol. The molecule has 5 heteroatoms. The van der Waals surface area contributed by atoms with Gasteiger partial charge in [-0.1, -0.05) is 6.07 Å². The van der Waals surface area contributed by atoms with E-state index in [1.165, 1.54) is 5.56 Å². The Bertz CT molecular complexity index is 454. The van der Waals surface area contributed by atoms with E-state index in [2.05, 4.69) is 46.8 Å². The summed E-state index contributed by atoms with van der Waals surface area (Å²) in [5.74, 6) is 0.862. The van der Waals surface area contributed by atoms with Crippen molar-refractivity contribution in [2.75, 3.05) is 32.8 Å². The number of nitrogens with zero attached hydrogens (tertiary/aromatic N) is 1. The van der Waals surface area contributed by atoms with Crippen molar-refractivity contribution in [1.82, 2.24) is 4.90 Å². The van der Waals surface area contributed by atoms with Crippen molar-refractivity contribution in [2.24, 2.45) is 5.73 Å². The van der Waals surface area contributed by atoms with Crippen LogP contribution in [0.1, 0.15) is 19.4 Å². The molecule has 0 saturated carbocycles. The van der Waals surface area contributed by atoms with Gasteiger partial charge in [0.15, 0.2) is 0 Å². The van der Waals surface area contributed by atoms with Gasteiger partial charge in [0.25, 0.3) is 0 Å². The first kappa shape index (κ1) is 16.7. The Hall–Kier alpha value is -0.620. The molecule has 1 saturated heterocycles. The number of ether oxygens (including phenoxy) is 2. The Kier molecular flexibility index (Phi) is 6.48. The van der Waals surface area contributed by atoms with Crippen molar-refractivity contribution in [3.8, 4) is 5.75 Å². The van der Waals surface area contributed by atoms with Crippen molar-refractivity contribution < 1.29 is 9.47 Å². The zero-order valence-corrected chi connectivity index (χ0v) is 14.4. The van der Waals surface area contributed by atoms with Gasteiger partial charge in [-0.3, -0.25) is 4.90 Å². The number of benzene rings is 1. The SMILES string of the molecule is CC(C)N1CCOC(COc2ccc(CCN)cc2Br)C1.